The van der Waals surface area contributed by atoms with E-state index in [2.05, 4.69) is 15.5 Å². The van der Waals surface area contributed by atoms with E-state index in [1.165, 1.54) is 5.01 Å². The largest absolute Gasteiger partial charge is 0.306 e. The summed E-state index contributed by atoms with van der Waals surface area (Å²) >= 11 is 5.93. The van der Waals surface area contributed by atoms with Crippen LogP contribution in [0, 0.1) is 0 Å². The number of hydrogen-bond donors (Lipinski definition) is 1. The quantitative estimate of drug-likeness (QED) is 0.700. The van der Waals surface area contributed by atoms with Gasteiger partial charge in [-0.1, -0.05) is 41.9 Å². The van der Waals surface area contributed by atoms with Crippen molar-refractivity contribution in [3.05, 3.63) is 77.4 Å². The van der Waals surface area contributed by atoms with E-state index in [-0.39, 0.29) is 18.2 Å². The van der Waals surface area contributed by atoms with Crippen LogP contribution in [0.1, 0.15) is 18.4 Å². The molecule has 2 heterocycles. The van der Waals surface area contributed by atoms with Crippen LogP contribution in [0.4, 0.5) is 11.5 Å². The molecule has 0 atom stereocenters. The minimum absolute atomic E-state index is 0.138. The van der Waals surface area contributed by atoms with Crippen molar-refractivity contribution >= 4 is 40.6 Å². The number of para-hydroxylation sites is 1. The molecule has 1 aromatic heterocycles. The maximum absolute atomic E-state index is 12.8. The van der Waals surface area contributed by atoms with Crippen LogP contribution in [0.2, 0.25) is 5.02 Å². The third-order valence-electron chi connectivity index (χ3n) is 4.50. The highest BCUT2D eigenvalue weighted by Crippen LogP contribution is 2.20. The van der Waals surface area contributed by atoms with Crippen LogP contribution in [-0.4, -0.2) is 27.3 Å². The summed E-state index contributed by atoms with van der Waals surface area (Å²) in [6.07, 6.45) is 2.14. The van der Waals surface area contributed by atoms with Gasteiger partial charge in [-0.25, -0.2) is 9.69 Å². The maximum Gasteiger partial charge on any atom is 0.273 e. The summed E-state index contributed by atoms with van der Waals surface area (Å²) in [5.41, 5.74) is 1.94. The molecule has 0 saturated carbocycles. The van der Waals surface area contributed by atoms with E-state index in [0.29, 0.717) is 35.2 Å². The Morgan fingerprint density at radius 2 is 1.79 bits per heavy atom. The van der Waals surface area contributed by atoms with Crippen molar-refractivity contribution in [3.8, 4) is 0 Å². The number of benzene rings is 2. The fraction of sp³-hybridized carbons (Fsp3) is 0.143. The van der Waals surface area contributed by atoms with Crippen LogP contribution in [-0.2, 0) is 16.1 Å². The molecule has 0 radical (unpaired) electrons. The molecule has 1 aliphatic rings. The lowest BCUT2D eigenvalue weighted by Gasteiger charge is -2.23. The minimum atomic E-state index is -0.351. The summed E-state index contributed by atoms with van der Waals surface area (Å²) in [6.45, 7) is 0.487. The van der Waals surface area contributed by atoms with Gasteiger partial charge in [-0.3, -0.25) is 9.59 Å². The molecular formula is C21H18ClN5O2. The lowest BCUT2D eigenvalue weighted by Crippen LogP contribution is -2.36. The first-order valence-electron chi connectivity index (χ1n) is 9.13. The third kappa shape index (κ3) is 4.35. The van der Waals surface area contributed by atoms with Crippen molar-refractivity contribution in [2.24, 2.45) is 5.10 Å². The molecule has 0 saturated heterocycles. The van der Waals surface area contributed by atoms with Gasteiger partial charge in [0.25, 0.3) is 5.91 Å². The van der Waals surface area contributed by atoms with E-state index in [1.54, 1.807) is 29.1 Å². The van der Waals surface area contributed by atoms with Crippen LogP contribution in [0.25, 0.3) is 0 Å². The Hall–Kier alpha value is -3.45. The number of carbonyl (C=O) groups is 2. The molecule has 2 aromatic carbocycles. The smallest absolute Gasteiger partial charge is 0.273 e. The summed E-state index contributed by atoms with van der Waals surface area (Å²) in [5, 5.41) is 13.3. The molecule has 0 unspecified atom stereocenters. The number of nitrogens with zero attached hydrogens (tertiary/aromatic N) is 4. The van der Waals surface area contributed by atoms with E-state index >= 15 is 0 Å². The normalized spacial score (nSPS) is 13.9. The second-order valence-electron chi connectivity index (χ2n) is 6.54. The van der Waals surface area contributed by atoms with Gasteiger partial charge in [0.2, 0.25) is 5.91 Å². The number of aromatic nitrogens is 2. The molecule has 8 heteroatoms. The monoisotopic (exact) mass is 407 g/mol. The summed E-state index contributed by atoms with van der Waals surface area (Å²) in [5.74, 6) is 0.0626. The number of halogens is 1. The standard InChI is InChI=1S/C21H18ClN5O2/c22-16-8-6-15(7-9-16)14-26-19(12-13-23-26)24-21(29)18-10-11-20(28)27(25-18)17-4-2-1-3-5-17/h1-9,12-13H,10-11,14H2,(H,24,29). The molecule has 1 N–H and O–H groups in total. The fourth-order valence-electron chi connectivity index (χ4n) is 3.00. The Bertz CT molecular complexity index is 1060. The predicted molar refractivity (Wildman–Crippen MR) is 112 cm³/mol. The average Bonchev–Trinajstić information content (AvgIpc) is 3.17. The summed E-state index contributed by atoms with van der Waals surface area (Å²) < 4.78 is 1.69. The molecule has 0 fully saturated rings. The molecule has 29 heavy (non-hydrogen) atoms. The number of nitrogens with one attached hydrogen (secondary N) is 1. The van der Waals surface area contributed by atoms with Gasteiger partial charge in [-0.2, -0.15) is 10.2 Å². The maximum atomic E-state index is 12.8. The van der Waals surface area contributed by atoms with Gasteiger partial charge in [-0.15, -0.1) is 0 Å². The predicted octanol–water partition coefficient (Wildman–Crippen LogP) is 3.71. The van der Waals surface area contributed by atoms with Gasteiger partial charge in [0.15, 0.2) is 0 Å². The van der Waals surface area contributed by atoms with E-state index in [9.17, 15) is 9.59 Å². The molecule has 2 amide bonds. The first-order valence-corrected chi connectivity index (χ1v) is 9.51. The number of amides is 2. The zero-order chi connectivity index (χ0) is 20.2. The minimum Gasteiger partial charge on any atom is -0.306 e. The zero-order valence-electron chi connectivity index (χ0n) is 15.5. The number of hydrazone groups is 1. The summed E-state index contributed by atoms with van der Waals surface area (Å²) in [6, 6.07) is 18.2. The van der Waals surface area contributed by atoms with Crippen LogP contribution in [0.3, 0.4) is 0 Å². The second-order valence-corrected chi connectivity index (χ2v) is 6.98. The second kappa shape index (κ2) is 8.28. The summed E-state index contributed by atoms with van der Waals surface area (Å²) in [4.78, 5) is 25.0. The molecular weight excluding hydrogens is 390 g/mol. The van der Waals surface area contributed by atoms with E-state index in [1.807, 2.05) is 42.5 Å². The Balaban J connectivity index is 1.50. The molecule has 3 aromatic rings. The van der Waals surface area contributed by atoms with Gasteiger partial charge in [0, 0.05) is 23.9 Å². The highest BCUT2D eigenvalue weighted by molar-refractivity contribution is 6.44. The van der Waals surface area contributed by atoms with Gasteiger partial charge < -0.3 is 5.32 Å². The lowest BCUT2D eigenvalue weighted by molar-refractivity contribution is -0.118. The molecule has 0 aliphatic carbocycles. The van der Waals surface area contributed by atoms with E-state index in [0.717, 1.165) is 5.56 Å². The highest BCUT2D eigenvalue weighted by Gasteiger charge is 2.26. The molecule has 0 spiro atoms. The van der Waals surface area contributed by atoms with Gasteiger partial charge in [-0.05, 0) is 29.8 Å². The number of anilines is 2. The third-order valence-corrected chi connectivity index (χ3v) is 4.75. The number of carbonyl (C=O) groups excluding carboxylic acids is 2. The first-order chi connectivity index (χ1) is 14.1. The van der Waals surface area contributed by atoms with Crippen molar-refractivity contribution < 1.29 is 9.59 Å². The van der Waals surface area contributed by atoms with Crippen LogP contribution in [0.15, 0.2) is 72.0 Å². The van der Waals surface area contributed by atoms with Crippen LogP contribution >= 0.6 is 11.6 Å². The van der Waals surface area contributed by atoms with Crippen molar-refractivity contribution in [1.29, 1.82) is 0 Å². The Labute approximate surface area is 172 Å². The Morgan fingerprint density at radius 3 is 2.55 bits per heavy atom. The lowest BCUT2D eigenvalue weighted by atomic mass is 10.1. The Morgan fingerprint density at radius 1 is 1.03 bits per heavy atom. The van der Waals surface area contributed by atoms with Crippen molar-refractivity contribution in [3.63, 3.8) is 0 Å². The van der Waals surface area contributed by atoms with Crippen LogP contribution in [0.5, 0.6) is 0 Å². The molecule has 0 bridgehead atoms. The number of hydrogen-bond acceptors (Lipinski definition) is 4. The zero-order valence-corrected chi connectivity index (χ0v) is 16.2. The van der Waals surface area contributed by atoms with Crippen molar-refractivity contribution in [2.45, 2.75) is 19.4 Å². The van der Waals surface area contributed by atoms with Gasteiger partial charge >= 0.3 is 0 Å². The van der Waals surface area contributed by atoms with Crippen molar-refractivity contribution in [2.75, 3.05) is 10.3 Å². The van der Waals surface area contributed by atoms with E-state index in [4.69, 9.17) is 11.6 Å². The van der Waals surface area contributed by atoms with Crippen molar-refractivity contribution in [1.82, 2.24) is 9.78 Å². The SMILES string of the molecule is O=C(Nc1ccnn1Cc1ccc(Cl)cc1)C1=NN(c2ccccc2)C(=O)CC1. The molecule has 146 valence electrons. The topological polar surface area (TPSA) is 79.6 Å². The summed E-state index contributed by atoms with van der Waals surface area (Å²) in [7, 11) is 0. The first kappa shape index (κ1) is 18.9. The van der Waals surface area contributed by atoms with Crippen LogP contribution < -0.4 is 10.3 Å². The number of rotatable bonds is 5. The highest BCUT2D eigenvalue weighted by atomic mass is 35.5. The fourth-order valence-corrected chi connectivity index (χ4v) is 3.13. The molecule has 1 aliphatic heterocycles. The molecule has 4 rings (SSSR count). The van der Waals surface area contributed by atoms with E-state index < -0.39 is 0 Å². The molecule has 7 nitrogen and oxygen atoms in total. The van der Waals surface area contributed by atoms with Gasteiger partial charge in [0.05, 0.1) is 18.4 Å². The average molecular weight is 408 g/mol. The van der Waals surface area contributed by atoms with Gasteiger partial charge in [0.1, 0.15) is 11.5 Å². The Kier molecular flexibility index (Phi) is 5.39.